The molecule has 0 aliphatic carbocycles. The van der Waals surface area contributed by atoms with E-state index in [1.165, 1.54) is 13.3 Å². The third-order valence-electron chi connectivity index (χ3n) is 3.10. The van der Waals surface area contributed by atoms with Gasteiger partial charge in [0.05, 0.1) is 25.5 Å². The van der Waals surface area contributed by atoms with Crippen LogP contribution in [0.4, 0.5) is 0 Å². The largest absolute Gasteiger partial charge is 0.497 e. The van der Waals surface area contributed by atoms with Crippen molar-refractivity contribution in [3.05, 3.63) is 47.0 Å². The molecule has 0 amide bonds. The van der Waals surface area contributed by atoms with Crippen LogP contribution >= 0.6 is 11.6 Å². The van der Waals surface area contributed by atoms with E-state index in [1.807, 2.05) is 18.2 Å². The topological polar surface area (TPSA) is 69.5 Å². The second kappa shape index (κ2) is 8.88. The van der Waals surface area contributed by atoms with E-state index in [2.05, 4.69) is 5.16 Å². The summed E-state index contributed by atoms with van der Waals surface area (Å²) in [6.07, 6.45) is 1.25. The van der Waals surface area contributed by atoms with Crippen LogP contribution in [0.25, 0.3) is 0 Å². The molecule has 0 radical (unpaired) electrons. The second-order valence-electron chi connectivity index (χ2n) is 4.65. The van der Waals surface area contributed by atoms with E-state index in [-0.39, 0.29) is 6.61 Å². The summed E-state index contributed by atoms with van der Waals surface area (Å²) in [5, 5.41) is 11.9. The fourth-order valence-corrected chi connectivity index (χ4v) is 2.29. The van der Waals surface area contributed by atoms with Gasteiger partial charge in [-0.25, -0.2) is 0 Å². The minimum atomic E-state index is 0.278. The molecule has 0 atom stereocenters. The summed E-state index contributed by atoms with van der Waals surface area (Å²) >= 11 is 6.18. The smallest absolute Gasteiger partial charge is 0.179 e. The van der Waals surface area contributed by atoms with Gasteiger partial charge in [0.1, 0.15) is 24.7 Å². The van der Waals surface area contributed by atoms with Crippen molar-refractivity contribution in [1.29, 1.82) is 0 Å². The Morgan fingerprint density at radius 1 is 1.04 bits per heavy atom. The van der Waals surface area contributed by atoms with Gasteiger partial charge >= 0.3 is 0 Å². The van der Waals surface area contributed by atoms with Gasteiger partial charge < -0.3 is 24.2 Å². The lowest BCUT2D eigenvalue weighted by Gasteiger charge is -2.14. The number of nitrogens with zero attached hydrogens (tertiary/aromatic N) is 1. The van der Waals surface area contributed by atoms with Crippen molar-refractivity contribution >= 4 is 17.8 Å². The Kier molecular flexibility index (Phi) is 6.57. The number of oxime groups is 1. The zero-order chi connectivity index (χ0) is 17.4. The molecule has 1 N–H and O–H groups in total. The van der Waals surface area contributed by atoms with E-state index < -0.39 is 0 Å². The first-order valence-corrected chi connectivity index (χ1v) is 7.50. The van der Waals surface area contributed by atoms with Gasteiger partial charge in [0.15, 0.2) is 11.5 Å². The highest BCUT2D eigenvalue weighted by Gasteiger charge is 2.11. The fraction of sp³-hybridized carbons (Fsp3) is 0.235. The molecule has 0 aliphatic rings. The first kappa shape index (κ1) is 17.7. The van der Waals surface area contributed by atoms with E-state index >= 15 is 0 Å². The molecule has 0 saturated heterocycles. The van der Waals surface area contributed by atoms with E-state index in [9.17, 15) is 0 Å². The van der Waals surface area contributed by atoms with Crippen LogP contribution in [0.2, 0.25) is 5.02 Å². The van der Waals surface area contributed by atoms with Gasteiger partial charge in [-0.1, -0.05) is 22.8 Å². The first-order chi connectivity index (χ1) is 11.7. The van der Waals surface area contributed by atoms with Crippen LogP contribution in [-0.2, 0) is 0 Å². The van der Waals surface area contributed by atoms with E-state index in [4.69, 9.17) is 35.8 Å². The molecular weight excluding hydrogens is 334 g/mol. The van der Waals surface area contributed by atoms with Crippen LogP contribution in [0.1, 0.15) is 5.56 Å². The molecule has 0 aromatic heterocycles. The van der Waals surface area contributed by atoms with Crippen molar-refractivity contribution in [1.82, 2.24) is 0 Å². The van der Waals surface area contributed by atoms with E-state index in [0.29, 0.717) is 34.4 Å². The standard InChI is InChI=1S/C17H18ClNO5/c1-21-13-4-3-5-14(10-13)23-6-7-24-17-15(18)8-12(11-19-20)9-16(17)22-2/h3-5,8-11,20H,6-7H2,1-2H3. The van der Waals surface area contributed by atoms with Crippen molar-refractivity contribution < 1.29 is 24.2 Å². The average Bonchev–Trinajstić information content (AvgIpc) is 2.60. The first-order valence-electron chi connectivity index (χ1n) is 7.12. The maximum absolute atomic E-state index is 8.59. The Morgan fingerprint density at radius 2 is 1.79 bits per heavy atom. The lowest BCUT2D eigenvalue weighted by Crippen LogP contribution is -2.10. The van der Waals surface area contributed by atoms with Gasteiger partial charge in [-0.3, -0.25) is 0 Å². The number of halogens is 1. The molecule has 7 heteroatoms. The summed E-state index contributed by atoms with van der Waals surface area (Å²) in [7, 11) is 3.10. The molecule has 24 heavy (non-hydrogen) atoms. The van der Waals surface area contributed by atoms with Crippen molar-refractivity contribution in [3.63, 3.8) is 0 Å². The predicted molar refractivity (Wildman–Crippen MR) is 91.4 cm³/mol. The highest BCUT2D eigenvalue weighted by atomic mass is 35.5. The summed E-state index contributed by atoms with van der Waals surface area (Å²) in [6.45, 7) is 0.604. The second-order valence-corrected chi connectivity index (χ2v) is 5.06. The molecule has 2 rings (SSSR count). The Labute approximate surface area is 145 Å². The van der Waals surface area contributed by atoms with Crippen molar-refractivity contribution in [2.24, 2.45) is 5.16 Å². The molecule has 2 aromatic rings. The highest BCUT2D eigenvalue weighted by Crippen LogP contribution is 2.36. The third-order valence-corrected chi connectivity index (χ3v) is 3.38. The number of ether oxygens (including phenoxy) is 4. The van der Waals surface area contributed by atoms with Gasteiger partial charge in [0.2, 0.25) is 0 Å². The number of methoxy groups -OCH3 is 2. The average molecular weight is 352 g/mol. The summed E-state index contributed by atoms with van der Waals surface area (Å²) < 4.78 is 21.6. The lowest BCUT2D eigenvalue weighted by atomic mass is 10.2. The normalized spacial score (nSPS) is 10.6. The lowest BCUT2D eigenvalue weighted by molar-refractivity contribution is 0.211. The predicted octanol–water partition coefficient (Wildman–Crippen LogP) is 3.62. The summed E-state index contributed by atoms with van der Waals surface area (Å²) in [6, 6.07) is 10.6. The van der Waals surface area contributed by atoms with E-state index in [1.54, 1.807) is 25.3 Å². The van der Waals surface area contributed by atoms with Crippen molar-refractivity contribution in [3.8, 4) is 23.0 Å². The van der Waals surface area contributed by atoms with Crippen LogP contribution in [0.15, 0.2) is 41.6 Å². The maximum Gasteiger partial charge on any atom is 0.179 e. The van der Waals surface area contributed by atoms with Gasteiger partial charge in [-0.2, -0.15) is 0 Å². The molecule has 0 fully saturated rings. The third kappa shape index (κ3) is 4.70. The minimum absolute atomic E-state index is 0.278. The molecule has 2 aromatic carbocycles. The highest BCUT2D eigenvalue weighted by molar-refractivity contribution is 6.32. The number of benzene rings is 2. The fourth-order valence-electron chi connectivity index (χ4n) is 2.02. The van der Waals surface area contributed by atoms with Gasteiger partial charge in [0, 0.05) is 11.6 Å². The zero-order valence-corrected chi connectivity index (χ0v) is 14.1. The molecular formula is C17H18ClNO5. The number of rotatable bonds is 8. The van der Waals surface area contributed by atoms with Gasteiger partial charge in [-0.15, -0.1) is 0 Å². The monoisotopic (exact) mass is 351 g/mol. The molecule has 0 aliphatic heterocycles. The van der Waals surface area contributed by atoms with Gasteiger partial charge in [-0.05, 0) is 24.3 Å². The van der Waals surface area contributed by atoms with Crippen LogP contribution in [-0.4, -0.2) is 38.9 Å². The van der Waals surface area contributed by atoms with Crippen LogP contribution in [0, 0.1) is 0 Å². The van der Waals surface area contributed by atoms with E-state index in [0.717, 1.165) is 5.75 Å². The summed E-state index contributed by atoms with van der Waals surface area (Å²) in [5.74, 6) is 2.26. The van der Waals surface area contributed by atoms with Gasteiger partial charge in [0.25, 0.3) is 0 Å². The van der Waals surface area contributed by atoms with Crippen LogP contribution in [0.5, 0.6) is 23.0 Å². The quantitative estimate of drug-likeness (QED) is 0.340. The van der Waals surface area contributed by atoms with Crippen LogP contribution in [0.3, 0.4) is 0 Å². The minimum Gasteiger partial charge on any atom is -0.497 e. The maximum atomic E-state index is 8.59. The Balaban J connectivity index is 1.96. The molecule has 0 unspecified atom stereocenters. The summed E-state index contributed by atoms with van der Waals surface area (Å²) in [5.41, 5.74) is 0.597. The SMILES string of the molecule is COc1cccc(OCCOc2c(Cl)cc(C=NO)cc2OC)c1. The molecule has 6 nitrogen and oxygen atoms in total. The number of hydrogen-bond acceptors (Lipinski definition) is 6. The summed E-state index contributed by atoms with van der Waals surface area (Å²) in [4.78, 5) is 0. The van der Waals surface area contributed by atoms with Crippen molar-refractivity contribution in [2.75, 3.05) is 27.4 Å². The molecule has 0 bridgehead atoms. The van der Waals surface area contributed by atoms with Crippen LogP contribution < -0.4 is 18.9 Å². The Morgan fingerprint density at radius 3 is 2.50 bits per heavy atom. The molecule has 0 spiro atoms. The molecule has 0 saturated carbocycles. The Bertz CT molecular complexity index is 705. The van der Waals surface area contributed by atoms with Crippen molar-refractivity contribution in [2.45, 2.75) is 0 Å². The number of hydrogen-bond donors (Lipinski definition) is 1. The molecule has 0 heterocycles. The molecule has 128 valence electrons. The zero-order valence-electron chi connectivity index (χ0n) is 13.4. The Hall–Kier alpha value is -2.60.